The molecule has 0 heterocycles. The van der Waals surface area contributed by atoms with E-state index in [-0.39, 0.29) is 31.0 Å². The largest absolute Gasteiger partial charge is 1.00 e. The number of aliphatic hydroxyl groups is 5. The Balaban J connectivity index is -0.000000405. The second kappa shape index (κ2) is 7.45. The van der Waals surface area contributed by atoms with E-state index >= 15 is 0 Å². The molecule has 0 fully saturated rings. The summed E-state index contributed by atoms with van der Waals surface area (Å²) in [5.41, 5.74) is 0. The minimum absolute atomic E-state index is 0. The van der Waals surface area contributed by atoms with Crippen molar-refractivity contribution in [3.8, 4) is 0 Å². The summed E-state index contributed by atoms with van der Waals surface area (Å²) in [6.45, 7) is -1.28. The van der Waals surface area contributed by atoms with Gasteiger partial charge in [0.25, 0.3) is 0 Å². The van der Waals surface area contributed by atoms with Crippen LogP contribution in [-0.2, 0) is 0 Å². The minimum atomic E-state index is -1.49. The molecule has 0 rings (SSSR count). The van der Waals surface area contributed by atoms with Crippen LogP contribution in [0.15, 0.2) is 0 Å². The van der Waals surface area contributed by atoms with E-state index in [1.54, 1.807) is 0 Å². The molecule has 2 atom stereocenters. The van der Waals surface area contributed by atoms with E-state index in [0.29, 0.717) is 0 Å². The van der Waals surface area contributed by atoms with Crippen LogP contribution in [0.2, 0.25) is 0 Å². The second-order valence-electron chi connectivity index (χ2n) is 1.99. The van der Waals surface area contributed by atoms with E-state index in [4.69, 9.17) is 25.5 Å². The normalized spacial score (nSPS) is 18.3. The fourth-order valence-corrected chi connectivity index (χ4v) is 0.472. The quantitative estimate of drug-likeness (QED) is 0.275. The van der Waals surface area contributed by atoms with Crippen molar-refractivity contribution < 1.29 is 56.5 Å². The van der Waals surface area contributed by atoms with Crippen LogP contribution in [0.25, 0.3) is 0 Å². The molecule has 64 valence electrons. The van der Waals surface area contributed by atoms with Gasteiger partial charge in [0.2, 0.25) is 0 Å². The van der Waals surface area contributed by atoms with Crippen molar-refractivity contribution in [2.45, 2.75) is 18.3 Å². The summed E-state index contributed by atoms with van der Waals surface area (Å²) in [6.07, 6.45) is -4.29. The maximum absolute atomic E-state index is 8.77. The van der Waals surface area contributed by atoms with E-state index in [0.717, 1.165) is 0 Å². The van der Waals surface area contributed by atoms with E-state index in [1.807, 2.05) is 0 Å². The number of hydrogen-bond donors (Lipinski definition) is 5. The summed E-state index contributed by atoms with van der Waals surface area (Å²) in [7, 11) is 0. The Morgan fingerprint density at radius 3 is 1.36 bits per heavy atom. The summed E-state index contributed by atoms with van der Waals surface area (Å²) >= 11 is 0. The maximum atomic E-state index is 8.77. The maximum Gasteiger partial charge on any atom is 1.00 e. The molecule has 5 nitrogen and oxygen atoms in total. The zero-order valence-electron chi connectivity index (χ0n) is 7.38. The molecule has 11 heavy (non-hydrogen) atoms. The van der Waals surface area contributed by atoms with E-state index < -0.39 is 31.5 Å². The van der Waals surface area contributed by atoms with E-state index in [2.05, 4.69) is 0 Å². The first-order valence-electron chi connectivity index (χ1n) is 2.89. The monoisotopic (exact) mass is 176 g/mol. The summed E-state index contributed by atoms with van der Waals surface area (Å²) in [6, 6.07) is 0. The van der Waals surface area contributed by atoms with Crippen molar-refractivity contribution in [2.75, 3.05) is 13.2 Å². The van der Waals surface area contributed by atoms with Gasteiger partial charge in [0.15, 0.2) is 0 Å². The van der Waals surface area contributed by atoms with Crippen molar-refractivity contribution >= 4 is 0 Å². The fourth-order valence-electron chi connectivity index (χ4n) is 0.472. The van der Waals surface area contributed by atoms with Gasteiger partial charge in [-0.2, -0.15) is 0 Å². The molecule has 0 aromatic heterocycles. The Labute approximate surface area is 88.1 Å². The minimum Gasteiger partial charge on any atom is -1.00 e. The van der Waals surface area contributed by atoms with E-state index in [9.17, 15) is 0 Å². The Kier molecular flexibility index (Phi) is 9.71. The number of aliphatic hydroxyl groups excluding tert-OH is 5. The van der Waals surface area contributed by atoms with Gasteiger partial charge >= 0.3 is 29.6 Å². The molecule has 0 aromatic carbocycles. The zero-order chi connectivity index (χ0) is 8.15. The molecule has 0 bridgehead atoms. The molecule has 0 spiro atoms. The first kappa shape index (κ1) is 14.3. The van der Waals surface area contributed by atoms with Crippen molar-refractivity contribution in [1.29, 1.82) is 0 Å². The predicted molar refractivity (Wildman–Crippen MR) is 33.3 cm³/mol. The van der Waals surface area contributed by atoms with Crippen molar-refractivity contribution in [1.82, 2.24) is 0 Å². The second-order valence-corrected chi connectivity index (χ2v) is 1.99. The predicted octanol–water partition coefficient (Wildman–Crippen LogP) is -5.83. The van der Waals surface area contributed by atoms with Crippen LogP contribution in [0.5, 0.6) is 0 Å². The van der Waals surface area contributed by atoms with Crippen LogP contribution in [0.3, 0.4) is 0 Å². The van der Waals surface area contributed by atoms with Gasteiger partial charge < -0.3 is 27.0 Å². The molecule has 0 aromatic rings. The van der Waals surface area contributed by atoms with Crippen LogP contribution in [0, 0.1) is 0 Å². The molecular formula is C5H13NaO5. The van der Waals surface area contributed by atoms with Crippen LogP contribution in [-0.4, -0.2) is 57.1 Å². The fraction of sp³-hybridized carbons (Fsp3) is 1.00. The molecule has 0 aliphatic heterocycles. The molecule has 0 radical (unpaired) electrons. The topological polar surface area (TPSA) is 101 Å². The number of rotatable bonds is 4. The Bertz CT molecular complexity index is 85.9. The molecule has 0 saturated carbocycles. The molecule has 5 N–H and O–H groups in total. The van der Waals surface area contributed by atoms with Gasteiger partial charge in [-0.3, -0.25) is 0 Å². The molecular weight excluding hydrogens is 163 g/mol. The van der Waals surface area contributed by atoms with Crippen molar-refractivity contribution in [2.24, 2.45) is 0 Å². The van der Waals surface area contributed by atoms with Gasteiger partial charge in [0.05, 0.1) is 13.2 Å². The Hall–Kier alpha value is 0.800. The standard InChI is InChI=1S/C5H12O5.Na.H/c6-1-3(8)5(10)4(9)2-7;;/h3-10H,1-2H2;;/q;+1;-1. The Morgan fingerprint density at radius 1 is 0.909 bits per heavy atom. The van der Waals surface area contributed by atoms with Crippen LogP contribution < -0.4 is 29.6 Å². The average molecular weight is 176 g/mol. The van der Waals surface area contributed by atoms with Gasteiger partial charge in [0.1, 0.15) is 18.3 Å². The van der Waals surface area contributed by atoms with Gasteiger partial charge in [-0.25, -0.2) is 0 Å². The Morgan fingerprint density at radius 2 is 1.18 bits per heavy atom. The first-order chi connectivity index (χ1) is 4.63. The van der Waals surface area contributed by atoms with Crippen LogP contribution >= 0.6 is 0 Å². The molecule has 0 saturated heterocycles. The van der Waals surface area contributed by atoms with Crippen molar-refractivity contribution in [3.63, 3.8) is 0 Å². The third-order valence-electron chi connectivity index (χ3n) is 1.16. The van der Waals surface area contributed by atoms with Crippen LogP contribution in [0.1, 0.15) is 1.43 Å². The summed E-state index contributed by atoms with van der Waals surface area (Å²) in [4.78, 5) is 0. The third-order valence-corrected chi connectivity index (χ3v) is 1.16. The average Bonchev–Trinajstić information content (AvgIpc) is 2.00. The summed E-state index contributed by atoms with van der Waals surface area (Å²) < 4.78 is 0. The van der Waals surface area contributed by atoms with Gasteiger partial charge in [0, 0.05) is 0 Å². The first-order valence-corrected chi connectivity index (χ1v) is 2.89. The SMILES string of the molecule is OCC(O)C(O)C(O)CO.[H-].[Na+]. The summed E-state index contributed by atoms with van der Waals surface area (Å²) in [5.74, 6) is 0. The van der Waals surface area contributed by atoms with Crippen molar-refractivity contribution in [3.05, 3.63) is 0 Å². The molecule has 0 amide bonds. The smallest absolute Gasteiger partial charge is 1.00 e. The molecule has 2 unspecified atom stereocenters. The molecule has 0 aliphatic carbocycles. The molecule has 6 heteroatoms. The molecule has 0 aliphatic rings. The third kappa shape index (κ3) is 5.10. The van der Waals surface area contributed by atoms with E-state index in [1.165, 1.54) is 0 Å². The van der Waals surface area contributed by atoms with Gasteiger partial charge in [-0.15, -0.1) is 0 Å². The zero-order valence-corrected chi connectivity index (χ0v) is 8.38. The van der Waals surface area contributed by atoms with Gasteiger partial charge in [-0.05, 0) is 0 Å². The summed E-state index contributed by atoms with van der Waals surface area (Å²) in [5, 5.41) is 42.6. The van der Waals surface area contributed by atoms with Gasteiger partial charge in [-0.1, -0.05) is 0 Å². The number of hydrogen-bond acceptors (Lipinski definition) is 5. The van der Waals surface area contributed by atoms with Crippen LogP contribution in [0.4, 0.5) is 0 Å².